The molecule has 1 unspecified atom stereocenters. The number of amides is 2. The van der Waals surface area contributed by atoms with Gasteiger partial charge in [-0.2, -0.15) is 0 Å². The van der Waals surface area contributed by atoms with Gasteiger partial charge in [-0.25, -0.2) is 0 Å². The van der Waals surface area contributed by atoms with E-state index in [1.807, 2.05) is 0 Å². The molecule has 0 aliphatic heterocycles. The molecule has 1 rings (SSSR count). The molecule has 0 saturated heterocycles. The number of amidine groups is 1. The number of hydrogen-bond acceptors (Lipinski definition) is 4. The van der Waals surface area contributed by atoms with Crippen LogP contribution in [0.1, 0.15) is 17.9 Å². The van der Waals surface area contributed by atoms with Crippen LogP contribution < -0.4 is 16.8 Å². The van der Waals surface area contributed by atoms with E-state index in [2.05, 4.69) is 10.5 Å². The highest BCUT2D eigenvalue weighted by atomic mass is 16.4. The maximum absolute atomic E-state index is 12.0. The van der Waals surface area contributed by atoms with E-state index in [4.69, 9.17) is 16.7 Å². The minimum absolute atomic E-state index is 0.0312. The van der Waals surface area contributed by atoms with Crippen LogP contribution in [0.4, 0.5) is 0 Å². The van der Waals surface area contributed by atoms with Crippen molar-refractivity contribution in [3.8, 4) is 0 Å². The lowest BCUT2D eigenvalue weighted by molar-refractivity contribution is -0.121. The number of nitrogens with two attached hydrogens (primary N) is 2. The van der Waals surface area contributed by atoms with Gasteiger partial charge in [0.2, 0.25) is 11.8 Å². The molecule has 7 heteroatoms. The third-order valence-electron chi connectivity index (χ3n) is 2.48. The van der Waals surface area contributed by atoms with E-state index >= 15 is 0 Å². The molecule has 102 valence electrons. The van der Waals surface area contributed by atoms with Crippen molar-refractivity contribution in [1.29, 1.82) is 0 Å². The van der Waals surface area contributed by atoms with Crippen LogP contribution in [0, 0.1) is 0 Å². The summed E-state index contributed by atoms with van der Waals surface area (Å²) in [4.78, 5) is 22.6. The smallest absolute Gasteiger partial charge is 0.235 e. The molecule has 0 saturated carbocycles. The van der Waals surface area contributed by atoms with Crippen molar-refractivity contribution < 1.29 is 14.8 Å². The number of carbonyl (C=O) groups excluding carboxylic acids is 2. The summed E-state index contributed by atoms with van der Waals surface area (Å²) in [5.74, 6) is -2.09. The molecule has 6 N–H and O–H groups in total. The Morgan fingerprint density at radius 2 is 1.89 bits per heavy atom. The van der Waals surface area contributed by atoms with Crippen LogP contribution in [-0.4, -0.2) is 29.4 Å². The number of carbonyl (C=O) groups is 2. The Labute approximate surface area is 110 Å². The SMILES string of the molecule is NC(=O)CCNC(=O)C(C(N)=NO)c1ccccc1. The number of primary amides is 1. The molecule has 1 aromatic carbocycles. The summed E-state index contributed by atoms with van der Waals surface area (Å²) >= 11 is 0. The van der Waals surface area contributed by atoms with Crippen LogP contribution in [0.2, 0.25) is 0 Å². The fourth-order valence-corrected chi connectivity index (χ4v) is 1.57. The van der Waals surface area contributed by atoms with Crippen molar-refractivity contribution in [3.63, 3.8) is 0 Å². The number of nitrogens with zero attached hydrogens (tertiary/aromatic N) is 1. The Bertz CT molecular complexity index is 473. The minimum Gasteiger partial charge on any atom is -0.409 e. The van der Waals surface area contributed by atoms with E-state index in [-0.39, 0.29) is 18.8 Å². The highest BCUT2D eigenvalue weighted by molar-refractivity contribution is 6.07. The first kappa shape index (κ1) is 14.5. The Kier molecular flexibility index (Phi) is 5.34. The van der Waals surface area contributed by atoms with Crippen LogP contribution in [0.15, 0.2) is 35.5 Å². The van der Waals surface area contributed by atoms with Gasteiger partial charge in [-0.05, 0) is 5.56 Å². The Morgan fingerprint density at radius 1 is 1.26 bits per heavy atom. The maximum atomic E-state index is 12.0. The molecular formula is C12H16N4O3. The topological polar surface area (TPSA) is 131 Å². The molecule has 0 aliphatic rings. The predicted octanol–water partition coefficient (Wildman–Crippen LogP) is -0.492. The van der Waals surface area contributed by atoms with Crippen LogP contribution in [0.3, 0.4) is 0 Å². The summed E-state index contributed by atoms with van der Waals surface area (Å²) < 4.78 is 0. The second kappa shape index (κ2) is 7.00. The van der Waals surface area contributed by atoms with Gasteiger partial charge < -0.3 is 22.0 Å². The van der Waals surface area contributed by atoms with Crippen LogP contribution in [0.5, 0.6) is 0 Å². The number of oxime groups is 1. The molecule has 2 amide bonds. The normalized spacial score (nSPS) is 12.7. The lowest BCUT2D eigenvalue weighted by Gasteiger charge is -2.15. The van der Waals surface area contributed by atoms with E-state index < -0.39 is 17.7 Å². The third kappa shape index (κ3) is 4.30. The fourth-order valence-electron chi connectivity index (χ4n) is 1.57. The molecule has 0 bridgehead atoms. The molecule has 7 nitrogen and oxygen atoms in total. The van der Waals surface area contributed by atoms with Crippen molar-refractivity contribution in [3.05, 3.63) is 35.9 Å². The largest absolute Gasteiger partial charge is 0.409 e. The zero-order chi connectivity index (χ0) is 14.3. The van der Waals surface area contributed by atoms with Gasteiger partial charge in [-0.15, -0.1) is 0 Å². The molecule has 1 atom stereocenters. The molecule has 1 aromatic rings. The first-order chi connectivity index (χ1) is 9.06. The number of benzene rings is 1. The van der Waals surface area contributed by atoms with Crippen molar-refractivity contribution >= 4 is 17.6 Å². The molecule has 0 aromatic heterocycles. The van der Waals surface area contributed by atoms with Gasteiger partial charge in [-0.1, -0.05) is 35.5 Å². The number of hydrogen-bond donors (Lipinski definition) is 4. The van der Waals surface area contributed by atoms with Gasteiger partial charge in [-0.3, -0.25) is 9.59 Å². The standard InChI is InChI=1S/C12H16N4O3/c13-9(17)6-7-15-12(18)10(11(14)16-19)8-4-2-1-3-5-8/h1-5,10,19H,6-7H2,(H2,13,17)(H2,14,16)(H,15,18). The Morgan fingerprint density at radius 3 is 2.42 bits per heavy atom. The van der Waals surface area contributed by atoms with E-state index in [0.29, 0.717) is 5.56 Å². The maximum Gasteiger partial charge on any atom is 0.235 e. The quantitative estimate of drug-likeness (QED) is 0.239. The van der Waals surface area contributed by atoms with Gasteiger partial charge >= 0.3 is 0 Å². The van der Waals surface area contributed by atoms with Gasteiger partial charge in [0.05, 0.1) is 0 Å². The summed E-state index contributed by atoms with van der Waals surface area (Å²) in [5.41, 5.74) is 11.1. The van der Waals surface area contributed by atoms with E-state index in [1.165, 1.54) is 0 Å². The van der Waals surface area contributed by atoms with Crippen LogP contribution in [-0.2, 0) is 9.59 Å². The highest BCUT2D eigenvalue weighted by Crippen LogP contribution is 2.15. The first-order valence-corrected chi connectivity index (χ1v) is 5.64. The molecule has 0 aliphatic carbocycles. The zero-order valence-electron chi connectivity index (χ0n) is 10.2. The van der Waals surface area contributed by atoms with Crippen LogP contribution >= 0.6 is 0 Å². The predicted molar refractivity (Wildman–Crippen MR) is 69.4 cm³/mol. The molecule has 0 radical (unpaired) electrons. The summed E-state index contributed by atoms with van der Waals surface area (Å²) in [6.07, 6.45) is 0.0312. The second-order valence-electron chi connectivity index (χ2n) is 3.88. The fraction of sp³-hybridized carbons (Fsp3) is 0.250. The summed E-state index contributed by atoms with van der Waals surface area (Å²) in [6, 6.07) is 8.65. The van der Waals surface area contributed by atoms with Crippen molar-refractivity contribution in [2.45, 2.75) is 12.3 Å². The zero-order valence-corrected chi connectivity index (χ0v) is 10.2. The molecule has 0 heterocycles. The average Bonchev–Trinajstić information content (AvgIpc) is 2.39. The Hall–Kier alpha value is -2.57. The van der Waals surface area contributed by atoms with E-state index in [9.17, 15) is 9.59 Å². The van der Waals surface area contributed by atoms with Crippen molar-refractivity contribution in [2.75, 3.05) is 6.54 Å². The molecule has 19 heavy (non-hydrogen) atoms. The lowest BCUT2D eigenvalue weighted by atomic mass is 9.97. The summed E-state index contributed by atoms with van der Waals surface area (Å²) in [7, 11) is 0. The molecule has 0 spiro atoms. The number of nitrogens with one attached hydrogen (secondary N) is 1. The third-order valence-corrected chi connectivity index (χ3v) is 2.48. The van der Waals surface area contributed by atoms with Gasteiger partial charge in [0.15, 0.2) is 5.84 Å². The summed E-state index contributed by atoms with van der Waals surface area (Å²) in [5, 5.41) is 14.1. The molecular weight excluding hydrogens is 248 g/mol. The highest BCUT2D eigenvalue weighted by Gasteiger charge is 2.24. The van der Waals surface area contributed by atoms with Crippen molar-refractivity contribution in [1.82, 2.24) is 5.32 Å². The minimum atomic E-state index is -0.904. The second-order valence-corrected chi connectivity index (χ2v) is 3.88. The first-order valence-electron chi connectivity index (χ1n) is 5.64. The lowest BCUT2D eigenvalue weighted by Crippen LogP contribution is -2.38. The van der Waals surface area contributed by atoms with Gasteiger partial charge in [0.25, 0.3) is 0 Å². The summed E-state index contributed by atoms with van der Waals surface area (Å²) in [6.45, 7) is 0.107. The van der Waals surface area contributed by atoms with Crippen molar-refractivity contribution in [2.24, 2.45) is 16.6 Å². The van der Waals surface area contributed by atoms with E-state index in [0.717, 1.165) is 0 Å². The number of rotatable bonds is 6. The van der Waals surface area contributed by atoms with Gasteiger partial charge in [0, 0.05) is 13.0 Å². The van der Waals surface area contributed by atoms with E-state index in [1.54, 1.807) is 30.3 Å². The molecule has 0 fully saturated rings. The Balaban J connectivity index is 2.81. The van der Waals surface area contributed by atoms with Gasteiger partial charge in [0.1, 0.15) is 5.92 Å². The monoisotopic (exact) mass is 264 g/mol. The van der Waals surface area contributed by atoms with Crippen LogP contribution in [0.25, 0.3) is 0 Å². The average molecular weight is 264 g/mol.